The summed E-state index contributed by atoms with van der Waals surface area (Å²) in [6.45, 7) is 8.28. The molecule has 1 amide bonds. The van der Waals surface area contributed by atoms with Crippen molar-refractivity contribution in [2.24, 2.45) is 5.92 Å². The maximum absolute atomic E-state index is 12.6. The number of aromatic nitrogens is 2. The third-order valence-corrected chi connectivity index (χ3v) is 6.42. The van der Waals surface area contributed by atoms with Crippen LogP contribution in [0.4, 0.5) is 5.95 Å². The van der Waals surface area contributed by atoms with Gasteiger partial charge in [-0.05, 0) is 68.5 Å². The molecular weight excluding hydrogens is 396 g/mol. The van der Waals surface area contributed by atoms with Gasteiger partial charge in [-0.2, -0.15) is 0 Å². The Kier molecular flexibility index (Phi) is 5.91. The number of halogens is 1. The summed E-state index contributed by atoms with van der Waals surface area (Å²) in [6, 6.07) is 11.9. The van der Waals surface area contributed by atoms with E-state index in [1.807, 2.05) is 31.2 Å². The highest BCUT2D eigenvalue weighted by atomic mass is 35.5. The second-order valence-electron chi connectivity index (χ2n) is 8.13. The molecule has 30 heavy (non-hydrogen) atoms. The lowest BCUT2D eigenvalue weighted by Gasteiger charge is -2.31. The molecule has 1 aliphatic heterocycles. The van der Waals surface area contributed by atoms with Crippen molar-refractivity contribution in [2.75, 3.05) is 18.0 Å². The highest BCUT2D eigenvalue weighted by Gasteiger charge is 2.26. The average Bonchev–Trinajstić information content (AvgIpc) is 2.74. The predicted octanol–water partition coefficient (Wildman–Crippen LogP) is 4.74. The van der Waals surface area contributed by atoms with Gasteiger partial charge in [-0.1, -0.05) is 29.8 Å². The number of benzene rings is 2. The molecule has 1 aliphatic rings. The Morgan fingerprint density at radius 2 is 1.80 bits per heavy atom. The molecule has 1 saturated heterocycles. The molecular formula is C24H27ClN4O. The van der Waals surface area contributed by atoms with Crippen LogP contribution in [0.2, 0.25) is 5.02 Å². The molecule has 3 aromatic rings. The van der Waals surface area contributed by atoms with Crippen molar-refractivity contribution in [3.05, 3.63) is 63.8 Å². The highest BCUT2D eigenvalue weighted by Crippen LogP contribution is 2.26. The van der Waals surface area contributed by atoms with Gasteiger partial charge in [0.25, 0.3) is 0 Å². The molecule has 0 spiro atoms. The number of amides is 1. The number of aryl methyl sites for hydroxylation is 3. The highest BCUT2D eigenvalue weighted by molar-refractivity contribution is 6.31. The fourth-order valence-electron chi connectivity index (χ4n) is 3.98. The van der Waals surface area contributed by atoms with Gasteiger partial charge in [-0.25, -0.2) is 9.97 Å². The Morgan fingerprint density at radius 3 is 2.53 bits per heavy atom. The van der Waals surface area contributed by atoms with E-state index in [9.17, 15) is 4.79 Å². The SMILES string of the molecule is Cc1cc2nc(N3CCC(C(=O)NCc4ccccc4Cl)CC3)nc(C)c2cc1C. The van der Waals surface area contributed by atoms with Crippen LogP contribution in [0.1, 0.15) is 35.2 Å². The molecule has 4 rings (SSSR count). The lowest BCUT2D eigenvalue weighted by molar-refractivity contribution is -0.125. The predicted molar refractivity (Wildman–Crippen MR) is 122 cm³/mol. The van der Waals surface area contributed by atoms with Crippen LogP contribution >= 0.6 is 11.6 Å². The van der Waals surface area contributed by atoms with Crippen molar-refractivity contribution in [3.8, 4) is 0 Å². The van der Waals surface area contributed by atoms with Gasteiger partial charge in [0.05, 0.1) is 11.2 Å². The van der Waals surface area contributed by atoms with Crippen LogP contribution in [-0.2, 0) is 11.3 Å². The molecule has 0 bridgehead atoms. The van der Waals surface area contributed by atoms with Crippen LogP contribution in [0.5, 0.6) is 0 Å². The van der Waals surface area contributed by atoms with Crippen molar-refractivity contribution in [3.63, 3.8) is 0 Å². The molecule has 2 aromatic carbocycles. The number of carbonyl (C=O) groups is 1. The number of carbonyl (C=O) groups excluding carboxylic acids is 1. The summed E-state index contributed by atoms with van der Waals surface area (Å²) < 4.78 is 0. The summed E-state index contributed by atoms with van der Waals surface area (Å²) in [5, 5.41) is 4.83. The van der Waals surface area contributed by atoms with Crippen LogP contribution < -0.4 is 10.2 Å². The summed E-state index contributed by atoms with van der Waals surface area (Å²) in [5.41, 5.74) is 5.42. The van der Waals surface area contributed by atoms with Crippen molar-refractivity contribution in [1.82, 2.24) is 15.3 Å². The van der Waals surface area contributed by atoms with E-state index in [4.69, 9.17) is 21.6 Å². The number of fused-ring (bicyclic) bond motifs is 1. The molecule has 0 aliphatic carbocycles. The number of nitrogens with one attached hydrogen (secondary N) is 1. The van der Waals surface area contributed by atoms with Gasteiger partial charge in [0.2, 0.25) is 11.9 Å². The molecule has 0 unspecified atom stereocenters. The first-order chi connectivity index (χ1) is 14.4. The topological polar surface area (TPSA) is 58.1 Å². The Hall–Kier alpha value is -2.66. The van der Waals surface area contributed by atoms with Gasteiger partial charge in [0.15, 0.2) is 0 Å². The van der Waals surface area contributed by atoms with Crippen LogP contribution in [0.15, 0.2) is 36.4 Å². The number of hydrogen-bond donors (Lipinski definition) is 1. The van der Waals surface area contributed by atoms with E-state index in [-0.39, 0.29) is 11.8 Å². The molecule has 1 aromatic heterocycles. The van der Waals surface area contributed by atoms with E-state index in [0.717, 1.165) is 54.0 Å². The van der Waals surface area contributed by atoms with Crippen molar-refractivity contribution >= 4 is 34.4 Å². The van der Waals surface area contributed by atoms with Crippen molar-refractivity contribution < 1.29 is 4.79 Å². The minimum absolute atomic E-state index is 0.00943. The molecule has 6 heteroatoms. The van der Waals surface area contributed by atoms with E-state index < -0.39 is 0 Å². The largest absolute Gasteiger partial charge is 0.352 e. The van der Waals surface area contributed by atoms with Gasteiger partial charge < -0.3 is 10.2 Å². The molecule has 1 fully saturated rings. The Balaban J connectivity index is 1.40. The number of anilines is 1. The molecule has 2 heterocycles. The number of nitrogens with zero attached hydrogens (tertiary/aromatic N) is 3. The van der Waals surface area contributed by atoms with E-state index >= 15 is 0 Å². The second kappa shape index (κ2) is 8.60. The minimum atomic E-state index is 0.00943. The zero-order chi connectivity index (χ0) is 21.3. The number of rotatable bonds is 4. The van der Waals surface area contributed by atoms with Crippen LogP contribution in [0, 0.1) is 26.7 Å². The van der Waals surface area contributed by atoms with Crippen LogP contribution in [-0.4, -0.2) is 29.0 Å². The van der Waals surface area contributed by atoms with Gasteiger partial charge in [-0.15, -0.1) is 0 Å². The van der Waals surface area contributed by atoms with Gasteiger partial charge in [0.1, 0.15) is 0 Å². The number of piperidine rings is 1. The summed E-state index contributed by atoms with van der Waals surface area (Å²) in [7, 11) is 0. The first-order valence-corrected chi connectivity index (χ1v) is 10.8. The lowest BCUT2D eigenvalue weighted by Crippen LogP contribution is -2.41. The summed E-state index contributed by atoms with van der Waals surface area (Å²) in [4.78, 5) is 24.4. The zero-order valence-electron chi connectivity index (χ0n) is 17.7. The van der Waals surface area contributed by atoms with Gasteiger partial charge in [0, 0.05) is 36.0 Å². The molecule has 5 nitrogen and oxygen atoms in total. The Labute approximate surface area is 182 Å². The van der Waals surface area contributed by atoms with E-state index in [1.165, 1.54) is 11.1 Å². The fourth-order valence-corrected chi connectivity index (χ4v) is 4.18. The van der Waals surface area contributed by atoms with E-state index in [1.54, 1.807) is 0 Å². The van der Waals surface area contributed by atoms with Crippen LogP contribution in [0.25, 0.3) is 10.9 Å². The molecule has 1 N–H and O–H groups in total. The smallest absolute Gasteiger partial charge is 0.226 e. The summed E-state index contributed by atoms with van der Waals surface area (Å²) >= 11 is 6.18. The monoisotopic (exact) mass is 422 g/mol. The maximum atomic E-state index is 12.6. The first-order valence-electron chi connectivity index (χ1n) is 10.4. The fraction of sp³-hybridized carbons (Fsp3) is 0.375. The maximum Gasteiger partial charge on any atom is 0.226 e. The quantitative estimate of drug-likeness (QED) is 0.659. The number of hydrogen-bond acceptors (Lipinski definition) is 4. The van der Waals surface area contributed by atoms with Crippen molar-refractivity contribution in [2.45, 2.75) is 40.2 Å². The average molecular weight is 423 g/mol. The summed E-state index contributed by atoms with van der Waals surface area (Å²) in [6.07, 6.45) is 1.59. The van der Waals surface area contributed by atoms with Gasteiger partial charge >= 0.3 is 0 Å². The summed E-state index contributed by atoms with van der Waals surface area (Å²) in [5.74, 6) is 0.865. The standard InChI is InChI=1S/C24H27ClN4O/c1-15-12-20-17(3)27-24(28-22(20)13-16(15)2)29-10-8-18(9-11-29)23(30)26-14-19-6-4-5-7-21(19)25/h4-7,12-13,18H,8-11,14H2,1-3H3,(H,26,30). The second-order valence-corrected chi connectivity index (χ2v) is 8.54. The van der Waals surface area contributed by atoms with E-state index in [0.29, 0.717) is 11.6 Å². The minimum Gasteiger partial charge on any atom is -0.352 e. The third kappa shape index (κ3) is 4.26. The molecule has 156 valence electrons. The van der Waals surface area contributed by atoms with Gasteiger partial charge in [-0.3, -0.25) is 4.79 Å². The Morgan fingerprint density at radius 1 is 1.10 bits per heavy atom. The van der Waals surface area contributed by atoms with Crippen molar-refractivity contribution in [1.29, 1.82) is 0 Å². The zero-order valence-corrected chi connectivity index (χ0v) is 18.5. The van der Waals surface area contributed by atoms with E-state index in [2.05, 4.69) is 36.2 Å². The molecule has 0 saturated carbocycles. The van der Waals surface area contributed by atoms with Crippen LogP contribution in [0.3, 0.4) is 0 Å². The normalized spacial score (nSPS) is 14.9. The molecule has 0 radical (unpaired) electrons. The lowest BCUT2D eigenvalue weighted by atomic mass is 9.96. The third-order valence-electron chi connectivity index (χ3n) is 6.05. The molecule has 0 atom stereocenters. The first kappa shape index (κ1) is 20.6. The Bertz CT molecular complexity index is 1090.